The molecule has 0 radical (unpaired) electrons. The number of halogens is 1. The van der Waals surface area contributed by atoms with Gasteiger partial charge in [-0.15, -0.1) is 12.4 Å². The van der Waals surface area contributed by atoms with Crippen molar-refractivity contribution in [2.24, 2.45) is 0 Å². The van der Waals surface area contributed by atoms with E-state index in [9.17, 15) is 0 Å². The SMILES string of the molecule is CCCOc1cccc(OCCCCN2CCOCC2)c1.Cl. The van der Waals surface area contributed by atoms with Gasteiger partial charge in [0, 0.05) is 19.2 Å². The first-order chi connectivity index (χ1) is 10.4. The maximum atomic E-state index is 5.79. The van der Waals surface area contributed by atoms with Gasteiger partial charge in [0.15, 0.2) is 0 Å². The molecule has 0 aromatic heterocycles. The summed E-state index contributed by atoms with van der Waals surface area (Å²) < 4.78 is 16.7. The molecule has 0 atom stereocenters. The van der Waals surface area contributed by atoms with Gasteiger partial charge in [0.25, 0.3) is 0 Å². The first-order valence-electron chi connectivity index (χ1n) is 8.04. The summed E-state index contributed by atoms with van der Waals surface area (Å²) in [5.41, 5.74) is 0. The van der Waals surface area contributed by atoms with Crippen molar-refractivity contribution in [1.29, 1.82) is 0 Å². The number of rotatable bonds is 9. The van der Waals surface area contributed by atoms with Crippen molar-refractivity contribution < 1.29 is 14.2 Å². The highest BCUT2D eigenvalue weighted by Crippen LogP contribution is 2.19. The molecule has 0 amide bonds. The largest absolute Gasteiger partial charge is 0.493 e. The Morgan fingerprint density at radius 2 is 1.73 bits per heavy atom. The summed E-state index contributed by atoms with van der Waals surface area (Å²) in [6, 6.07) is 7.91. The average molecular weight is 330 g/mol. The fraction of sp³-hybridized carbons (Fsp3) is 0.647. The zero-order valence-corrected chi connectivity index (χ0v) is 14.3. The fourth-order valence-corrected chi connectivity index (χ4v) is 2.33. The Labute approximate surface area is 140 Å². The maximum absolute atomic E-state index is 5.79. The van der Waals surface area contributed by atoms with E-state index in [1.165, 1.54) is 6.42 Å². The van der Waals surface area contributed by atoms with Crippen LogP contribution in [0.5, 0.6) is 11.5 Å². The molecule has 2 rings (SSSR count). The first-order valence-corrected chi connectivity index (χ1v) is 8.04. The van der Waals surface area contributed by atoms with Gasteiger partial charge >= 0.3 is 0 Å². The molecule has 1 aliphatic heterocycles. The van der Waals surface area contributed by atoms with Crippen LogP contribution < -0.4 is 9.47 Å². The minimum Gasteiger partial charge on any atom is -0.493 e. The van der Waals surface area contributed by atoms with Gasteiger partial charge in [0.2, 0.25) is 0 Å². The van der Waals surface area contributed by atoms with Crippen molar-refractivity contribution in [3.8, 4) is 11.5 Å². The first kappa shape index (κ1) is 19.1. The molecule has 1 aromatic carbocycles. The van der Waals surface area contributed by atoms with Crippen LogP contribution in [0.4, 0.5) is 0 Å². The van der Waals surface area contributed by atoms with E-state index in [4.69, 9.17) is 14.2 Å². The Bertz CT molecular complexity index is 397. The molecule has 4 nitrogen and oxygen atoms in total. The van der Waals surface area contributed by atoms with Crippen LogP contribution in [0.15, 0.2) is 24.3 Å². The van der Waals surface area contributed by atoms with Crippen molar-refractivity contribution in [3.63, 3.8) is 0 Å². The zero-order valence-electron chi connectivity index (χ0n) is 13.5. The van der Waals surface area contributed by atoms with Crippen LogP contribution >= 0.6 is 12.4 Å². The average Bonchev–Trinajstić information content (AvgIpc) is 2.54. The molecule has 0 spiro atoms. The molecule has 22 heavy (non-hydrogen) atoms. The van der Waals surface area contributed by atoms with Gasteiger partial charge in [-0.05, 0) is 37.9 Å². The molecule has 1 heterocycles. The molecule has 0 unspecified atom stereocenters. The smallest absolute Gasteiger partial charge is 0.122 e. The number of unbranched alkanes of at least 4 members (excludes halogenated alkanes) is 1. The quantitative estimate of drug-likeness (QED) is 0.650. The topological polar surface area (TPSA) is 30.9 Å². The monoisotopic (exact) mass is 329 g/mol. The lowest BCUT2D eigenvalue weighted by Crippen LogP contribution is -2.36. The van der Waals surface area contributed by atoms with E-state index in [2.05, 4.69) is 11.8 Å². The second-order valence-corrected chi connectivity index (χ2v) is 5.33. The molecule has 0 aliphatic carbocycles. The van der Waals surface area contributed by atoms with E-state index in [0.717, 1.165) is 70.4 Å². The van der Waals surface area contributed by atoms with Crippen molar-refractivity contribution in [1.82, 2.24) is 4.90 Å². The van der Waals surface area contributed by atoms with Crippen molar-refractivity contribution in [3.05, 3.63) is 24.3 Å². The summed E-state index contributed by atoms with van der Waals surface area (Å²) in [6.07, 6.45) is 3.27. The van der Waals surface area contributed by atoms with Gasteiger partial charge in [-0.25, -0.2) is 0 Å². The molecule has 1 fully saturated rings. The van der Waals surface area contributed by atoms with E-state index in [0.29, 0.717) is 0 Å². The zero-order chi connectivity index (χ0) is 14.8. The molecular weight excluding hydrogens is 302 g/mol. The third-order valence-corrected chi connectivity index (χ3v) is 3.52. The predicted octanol–water partition coefficient (Wildman–Crippen LogP) is 3.39. The highest BCUT2D eigenvalue weighted by Gasteiger charge is 2.09. The standard InChI is InChI=1S/C17H27NO3.ClH/c1-2-11-20-16-6-5-7-17(15-16)21-12-4-3-8-18-9-13-19-14-10-18;/h5-7,15H,2-4,8-14H2,1H3;1H. The van der Waals surface area contributed by atoms with Gasteiger partial charge in [0.1, 0.15) is 11.5 Å². The predicted molar refractivity (Wildman–Crippen MR) is 91.5 cm³/mol. The lowest BCUT2D eigenvalue weighted by Gasteiger charge is -2.26. The van der Waals surface area contributed by atoms with Crippen LogP contribution in [-0.4, -0.2) is 51.0 Å². The Hall–Kier alpha value is -0.970. The summed E-state index contributed by atoms with van der Waals surface area (Å²) in [5, 5.41) is 0. The number of hydrogen-bond donors (Lipinski definition) is 0. The minimum atomic E-state index is 0. The number of ether oxygens (including phenoxy) is 3. The lowest BCUT2D eigenvalue weighted by atomic mass is 10.3. The molecule has 126 valence electrons. The summed E-state index contributed by atoms with van der Waals surface area (Å²) >= 11 is 0. The number of morpholine rings is 1. The summed E-state index contributed by atoms with van der Waals surface area (Å²) in [4.78, 5) is 2.46. The fourth-order valence-electron chi connectivity index (χ4n) is 2.33. The summed E-state index contributed by atoms with van der Waals surface area (Å²) in [7, 11) is 0. The number of benzene rings is 1. The van der Waals surface area contributed by atoms with Gasteiger partial charge in [-0.1, -0.05) is 13.0 Å². The Balaban J connectivity index is 0.00000242. The lowest BCUT2D eigenvalue weighted by molar-refractivity contribution is 0.0368. The molecule has 1 aliphatic rings. The minimum absolute atomic E-state index is 0. The highest BCUT2D eigenvalue weighted by molar-refractivity contribution is 5.85. The summed E-state index contributed by atoms with van der Waals surface area (Å²) in [5.74, 6) is 1.79. The van der Waals surface area contributed by atoms with Gasteiger partial charge in [0.05, 0.1) is 26.4 Å². The van der Waals surface area contributed by atoms with Crippen molar-refractivity contribution in [2.45, 2.75) is 26.2 Å². The number of hydrogen-bond acceptors (Lipinski definition) is 4. The molecule has 0 bridgehead atoms. The Morgan fingerprint density at radius 3 is 2.41 bits per heavy atom. The Morgan fingerprint density at radius 1 is 1.05 bits per heavy atom. The molecule has 1 aromatic rings. The van der Waals surface area contributed by atoms with Crippen LogP contribution in [0.1, 0.15) is 26.2 Å². The van der Waals surface area contributed by atoms with Crippen LogP contribution in [0.25, 0.3) is 0 Å². The maximum Gasteiger partial charge on any atom is 0.122 e. The third-order valence-electron chi connectivity index (χ3n) is 3.52. The van der Waals surface area contributed by atoms with Crippen LogP contribution in [-0.2, 0) is 4.74 Å². The highest BCUT2D eigenvalue weighted by atomic mass is 35.5. The van der Waals surface area contributed by atoms with Gasteiger partial charge in [-0.2, -0.15) is 0 Å². The van der Waals surface area contributed by atoms with Crippen molar-refractivity contribution >= 4 is 12.4 Å². The van der Waals surface area contributed by atoms with E-state index in [1.807, 2.05) is 24.3 Å². The molecule has 1 saturated heterocycles. The van der Waals surface area contributed by atoms with Gasteiger partial charge < -0.3 is 14.2 Å². The molecular formula is C17H28ClNO3. The molecule has 0 saturated carbocycles. The second-order valence-electron chi connectivity index (χ2n) is 5.33. The van der Waals surface area contributed by atoms with Gasteiger partial charge in [-0.3, -0.25) is 4.90 Å². The number of nitrogens with zero attached hydrogens (tertiary/aromatic N) is 1. The van der Waals surface area contributed by atoms with Crippen LogP contribution in [0.3, 0.4) is 0 Å². The Kier molecular flexibility index (Phi) is 10.0. The normalized spacial score (nSPS) is 15.1. The molecule has 0 N–H and O–H groups in total. The second kappa shape index (κ2) is 11.6. The third kappa shape index (κ3) is 7.34. The molecule has 5 heteroatoms. The van der Waals surface area contributed by atoms with E-state index in [1.54, 1.807) is 0 Å². The van der Waals surface area contributed by atoms with E-state index >= 15 is 0 Å². The summed E-state index contributed by atoms with van der Waals surface area (Å²) in [6.45, 7) is 8.66. The van der Waals surface area contributed by atoms with Crippen LogP contribution in [0.2, 0.25) is 0 Å². The van der Waals surface area contributed by atoms with E-state index < -0.39 is 0 Å². The van der Waals surface area contributed by atoms with Crippen molar-refractivity contribution in [2.75, 3.05) is 46.1 Å². The van der Waals surface area contributed by atoms with E-state index in [-0.39, 0.29) is 12.4 Å². The van der Waals surface area contributed by atoms with Crippen LogP contribution in [0, 0.1) is 0 Å².